The standard InChI is InChI=1S/C16H19N3O/c1-10-6-5-9-13(11(10)2)17-16(20)15-12-7-3-4-8-14(12)18-19-15/h5-6,9H,3-4,7-8H2,1-2H3,(H,17,20)(H,18,19). The largest absolute Gasteiger partial charge is 0.320 e. The van der Waals surface area contributed by atoms with Gasteiger partial charge >= 0.3 is 0 Å². The molecule has 0 bridgehead atoms. The molecule has 3 rings (SSSR count). The van der Waals surface area contributed by atoms with E-state index in [1.807, 2.05) is 32.0 Å². The molecule has 0 aliphatic heterocycles. The lowest BCUT2D eigenvalue weighted by atomic mass is 9.95. The maximum atomic E-state index is 12.4. The number of nitrogens with zero attached hydrogens (tertiary/aromatic N) is 1. The highest BCUT2D eigenvalue weighted by molar-refractivity contribution is 6.04. The van der Waals surface area contributed by atoms with Gasteiger partial charge in [0.25, 0.3) is 5.91 Å². The molecule has 2 aromatic rings. The van der Waals surface area contributed by atoms with Crippen LogP contribution >= 0.6 is 0 Å². The number of carbonyl (C=O) groups excluding carboxylic acids is 1. The van der Waals surface area contributed by atoms with Crippen molar-refractivity contribution in [2.24, 2.45) is 0 Å². The molecular weight excluding hydrogens is 250 g/mol. The van der Waals surface area contributed by atoms with E-state index in [1.54, 1.807) is 0 Å². The Labute approximate surface area is 118 Å². The van der Waals surface area contributed by atoms with Crippen LogP contribution in [0.15, 0.2) is 18.2 Å². The first-order valence-electron chi connectivity index (χ1n) is 7.10. The van der Waals surface area contributed by atoms with Gasteiger partial charge in [-0.3, -0.25) is 9.89 Å². The number of nitrogens with one attached hydrogen (secondary N) is 2. The van der Waals surface area contributed by atoms with E-state index in [4.69, 9.17) is 0 Å². The molecule has 4 heteroatoms. The van der Waals surface area contributed by atoms with Crippen molar-refractivity contribution in [2.45, 2.75) is 39.5 Å². The van der Waals surface area contributed by atoms with Gasteiger partial charge in [0.05, 0.1) is 0 Å². The van der Waals surface area contributed by atoms with E-state index in [2.05, 4.69) is 15.5 Å². The topological polar surface area (TPSA) is 57.8 Å². The van der Waals surface area contributed by atoms with Crippen molar-refractivity contribution in [3.05, 3.63) is 46.3 Å². The van der Waals surface area contributed by atoms with Gasteiger partial charge in [-0.15, -0.1) is 0 Å². The lowest BCUT2D eigenvalue weighted by Gasteiger charge is -2.12. The Bertz CT molecular complexity index is 658. The van der Waals surface area contributed by atoms with Gasteiger partial charge in [0.15, 0.2) is 5.69 Å². The fourth-order valence-corrected chi connectivity index (χ4v) is 2.74. The first-order chi connectivity index (χ1) is 9.66. The second-order valence-electron chi connectivity index (χ2n) is 5.44. The number of benzene rings is 1. The first-order valence-corrected chi connectivity index (χ1v) is 7.10. The van der Waals surface area contributed by atoms with Crippen molar-refractivity contribution in [1.82, 2.24) is 10.2 Å². The summed E-state index contributed by atoms with van der Waals surface area (Å²) in [4.78, 5) is 12.4. The average Bonchev–Trinajstić information content (AvgIpc) is 2.88. The third kappa shape index (κ3) is 2.22. The van der Waals surface area contributed by atoms with E-state index in [9.17, 15) is 4.79 Å². The molecule has 0 atom stereocenters. The first kappa shape index (κ1) is 12.9. The Kier molecular flexibility index (Phi) is 3.30. The van der Waals surface area contributed by atoms with Gasteiger partial charge in [-0.25, -0.2) is 0 Å². The predicted molar refractivity (Wildman–Crippen MR) is 79.1 cm³/mol. The number of fused-ring (bicyclic) bond motifs is 1. The Morgan fingerprint density at radius 3 is 2.90 bits per heavy atom. The van der Waals surface area contributed by atoms with E-state index in [0.29, 0.717) is 5.69 Å². The summed E-state index contributed by atoms with van der Waals surface area (Å²) in [7, 11) is 0. The number of aromatic amines is 1. The molecule has 0 saturated carbocycles. The van der Waals surface area contributed by atoms with Crippen LogP contribution in [0.2, 0.25) is 0 Å². The van der Waals surface area contributed by atoms with Crippen LogP contribution in [-0.2, 0) is 12.8 Å². The molecule has 4 nitrogen and oxygen atoms in total. The summed E-state index contributed by atoms with van der Waals surface area (Å²) in [6.07, 6.45) is 4.25. The molecule has 1 aromatic carbocycles. The molecule has 1 aliphatic rings. The summed E-state index contributed by atoms with van der Waals surface area (Å²) in [5.74, 6) is -0.113. The number of carbonyl (C=O) groups is 1. The summed E-state index contributed by atoms with van der Waals surface area (Å²) >= 11 is 0. The van der Waals surface area contributed by atoms with Crippen LogP contribution in [0.25, 0.3) is 0 Å². The van der Waals surface area contributed by atoms with Crippen LogP contribution in [0.4, 0.5) is 5.69 Å². The minimum absolute atomic E-state index is 0.113. The Morgan fingerprint density at radius 1 is 1.25 bits per heavy atom. The van der Waals surface area contributed by atoms with Crippen LogP contribution in [0.1, 0.15) is 45.7 Å². The molecule has 0 fully saturated rings. The van der Waals surface area contributed by atoms with Crippen molar-refractivity contribution in [1.29, 1.82) is 0 Å². The molecule has 0 spiro atoms. The number of anilines is 1. The Hall–Kier alpha value is -2.10. The van der Waals surface area contributed by atoms with Crippen molar-refractivity contribution in [2.75, 3.05) is 5.32 Å². The predicted octanol–water partition coefficient (Wildman–Crippen LogP) is 3.16. The zero-order chi connectivity index (χ0) is 14.1. The van der Waals surface area contributed by atoms with Gasteiger partial charge in [0, 0.05) is 16.9 Å². The summed E-state index contributed by atoms with van der Waals surface area (Å²) in [6, 6.07) is 5.93. The Morgan fingerprint density at radius 2 is 2.05 bits per heavy atom. The van der Waals surface area contributed by atoms with Crippen molar-refractivity contribution >= 4 is 11.6 Å². The van der Waals surface area contributed by atoms with Gasteiger partial charge in [0.1, 0.15) is 0 Å². The number of aryl methyl sites for hydroxylation is 2. The molecular formula is C16H19N3O. The van der Waals surface area contributed by atoms with Crippen LogP contribution in [0.3, 0.4) is 0 Å². The molecule has 1 heterocycles. The maximum absolute atomic E-state index is 12.4. The average molecular weight is 269 g/mol. The fraction of sp³-hybridized carbons (Fsp3) is 0.375. The highest BCUT2D eigenvalue weighted by Gasteiger charge is 2.22. The maximum Gasteiger partial charge on any atom is 0.276 e. The van der Waals surface area contributed by atoms with Gasteiger partial charge in [0.2, 0.25) is 0 Å². The molecule has 20 heavy (non-hydrogen) atoms. The summed E-state index contributed by atoms with van der Waals surface area (Å²) in [5.41, 5.74) is 5.92. The van der Waals surface area contributed by atoms with Crippen LogP contribution in [-0.4, -0.2) is 16.1 Å². The van der Waals surface area contributed by atoms with Gasteiger partial charge in [-0.1, -0.05) is 12.1 Å². The van der Waals surface area contributed by atoms with Gasteiger partial charge in [-0.2, -0.15) is 5.10 Å². The molecule has 1 aromatic heterocycles. The van der Waals surface area contributed by atoms with Crippen molar-refractivity contribution < 1.29 is 4.79 Å². The second-order valence-corrected chi connectivity index (χ2v) is 5.44. The highest BCUT2D eigenvalue weighted by Crippen LogP contribution is 2.24. The molecule has 0 saturated heterocycles. The summed E-state index contributed by atoms with van der Waals surface area (Å²) in [6.45, 7) is 4.06. The van der Waals surface area contributed by atoms with Crippen molar-refractivity contribution in [3.63, 3.8) is 0 Å². The molecule has 1 amide bonds. The van der Waals surface area contributed by atoms with E-state index in [1.165, 1.54) is 12.0 Å². The van der Waals surface area contributed by atoms with E-state index < -0.39 is 0 Å². The smallest absolute Gasteiger partial charge is 0.276 e. The number of H-pyrrole nitrogens is 1. The zero-order valence-corrected chi connectivity index (χ0v) is 11.9. The lowest BCUT2D eigenvalue weighted by molar-refractivity contribution is 0.102. The fourth-order valence-electron chi connectivity index (χ4n) is 2.74. The second kappa shape index (κ2) is 5.12. The number of hydrogen-bond acceptors (Lipinski definition) is 2. The minimum atomic E-state index is -0.113. The minimum Gasteiger partial charge on any atom is -0.320 e. The number of amides is 1. The third-order valence-corrected chi connectivity index (χ3v) is 4.12. The summed E-state index contributed by atoms with van der Waals surface area (Å²) < 4.78 is 0. The van der Waals surface area contributed by atoms with E-state index >= 15 is 0 Å². The van der Waals surface area contributed by atoms with Gasteiger partial charge < -0.3 is 5.32 Å². The number of aromatic nitrogens is 2. The SMILES string of the molecule is Cc1cccc(NC(=O)c2n[nH]c3c2CCCC3)c1C. The molecule has 2 N–H and O–H groups in total. The zero-order valence-electron chi connectivity index (χ0n) is 11.9. The Balaban J connectivity index is 1.86. The molecule has 1 aliphatic carbocycles. The lowest BCUT2D eigenvalue weighted by Crippen LogP contribution is -2.16. The molecule has 0 unspecified atom stereocenters. The van der Waals surface area contributed by atoms with Crippen molar-refractivity contribution in [3.8, 4) is 0 Å². The molecule has 0 radical (unpaired) electrons. The number of hydrogen-bond donors (Lipinski definition) is 2. The van der Waals surface area contributed by atoms with Crippen LogP contribution in [0, 0.1) is 13.8 Å². The van der Waals surface area contributed by atoms with Crippen LogP contribution in [0.5, 0.6) is 0 Å². The highest BCUT2D eigenvalue weighted by atomic mass is 16.1. The van der Waals surface area contributed by atoms with Crippen LogP contribution < -0.4 is 5.32 Å². The van der Waals surface area contributed by atoms with Gasteiger partial charge in [-0.05, 0) is 56.7 Å². The normalized spacial score (nSPS) is 13.9. The quantitative estimate of drug-likeness (QED) is 0.879. The van der Waals surface area contributed by atoms with E-state index in [0.717, 1.165) is 41.8 Å². The molecule has 104 valence electrons. The van der Waals surface area contributed by atoms with E-state index in [-0.39, 0.29) is 5.91 Å². The summed E-state index contributed by atoms with van der Waals surface area (Å²) in [5, 5.41) is 10.2. The number of rotatable bonds is 2. The monoisotopic (exact) mass is 269 g/mol. The third-order valence-electron chi connectivity index (χ3n) is 4.12.